The largest absolute Gasteiger partial charge is 0.340 e. The summed E-state index contributed by atoms with van der Waals surface area (Å²) in [7, 11) is 0. The van der Waals surface area contributed by atoms with E-state index in [1.165, 1.54) is 23.4 Å². The fourth-order valence-corrected chi connectivity index (χ4v) is 1.86. The molecule has 6 nitrogen and oxygen atoms in total. The SMILES string of the molecule is FC(F)c1cc(=S)n(-c2ncnc3nc[nH]c23)[nH]1. The van der Waals surface area contributed by atoms with Gasteiger partial charge in [0.1, 0.15) is 22.2 Å². The molecule has 0 aromatic carbocycles. The number of aromatic nitrogens is 6. The Morgan fingerprint density at radius 2 is 2.11 bits per heavy atom. The van der Waals surface area contributed by atoms with E-state index in [1.54, 1.807) is 0 Å². The van der Waals surface area contributed by atoms with Gasteiger partial charge in [-0.05, 0) is 0 Å². The van der Waals surface area contributed by atoms with Gasteiger partial charge in [0.15, 0.2) is 11.5 Å². The second kappa shape index (κ2) is 3.95. The van der Waals surface area contributed by atoms with Gasteiger partial charge in [0, 0.05) is 6.07 Å². The molecule has 0 saturated heterocycles. The topological polar surface area (TPSA) is 75.2 Å². The van der Waals surface area contributed by atoms with Crippen LogP contribution in [-0.2, 0) is 0 Å². The maximum atomic E-state index is 12.6. The highest BCUT2D eigenvalue weighted by Crippen LogP contribution is 2.20. The van der Waals surface area contributed by atoms with Crippen LogP contribution in [0.3, 0.4) is 0 Å². The van der Waals surface area contributed by atoms with Gasteiger partial charge in [0.25, 0.3) is 6.43 Å². The third kappa shape index (κ3) is 1.59. The highest BCUT2D eigenvalue weighted by molar-refractivity contribution is 7.71. The minimum Gasteiger partial charge on any atom is -0.340 e. The van der Waals surface area contributed by atoms with Crippen LogP contribution in [0, 0.1) is 4.64 Å². The zero-order chi connectivity index (χ0) is 12.7. The lowest BCUT2D eigenvalue weighted by Gasteiger charge is -2.02. The summed E-state index contributed by atoms with van der Waals surface area (Å²) < 4.78 is 26.7. The molecule has 0 unspecified atom stereocenters. The Kier molecular flexibility index (Phi) is 2.40. The average molecular weight is 268 g/mol. The zero-order valence-corrected chi connectivity index (χ0v) is 9.58. The second-order valence-corrected chi connectivity index (χ2v) is 3.90. The summed E-state index contributed by atoms with van der Waals surface area (Å²) in [4.78, 5) is 14.8. The van der Waals surface area contributed by atoms with Crippen molar-refractivity contribution in [2.24, 2.45) is 0 Å². The number of H-pyrrole nitrogens is 2. The number of alkyl halides is 2. The standard InChI is InChI=1S/C9H6F2N6S/c10-7(11)4-1-5(18)17(16-4)9-6-8(13-2-12-6)14-3-15-9/h1-3,7,16H,(H,12,13,14,15). The number of aromatic amines is 2. The van der Waals surface area contributed by atoms with E-state index in [2.05, 4.69) is 25.0 Å². The molecule has 0 spiro atoms. The fraction of sp³-hybridized carbons (Fsp3) is 0.111. The molecule has 18 heavy (non-hydrogen) atoms. The summed E-state index contributed by atoms with van der Waals surface area (Å²) in [5.74, 6) is 0.356. The first kappa shape index (κ1) is 11.0. The van der Waals surface area contributed by atoms with Crippen LogP contribution in [0.15, 0.2) is 18.7 Å². The van der Waals surface area contributed by atoms with Gasteiger partial charge in [-0.2, -0.15) is 0 Å². The van der Waals surface area contributed by atoms with Crippen molar-refractivity contribution in [1.29, 1.82) is 0 Å². The van der Waals surface area contributed by atoms with Crippen molar-refractivity contribution in [3.63, 3.8) is 0 Å². The van der Waals surface area contributed by atoms with Gasteiger partial charge >= 0.3 is 0 Å². The molecule has 0 amide bonds. The molecule has 0 bridgehead atoms. The van der Waals surface area contributed by atoms with Gasteiger partial charge in [-0.3, -0.25) is 5.10 Å². The molecular formula is C9H6F2N6S. The van der Waals surface area contributed by atoms with Crippen LogP contribution in [-0.4, -0.2) is 29.7 Å². The average Bonchev–Trinajstić information content (AvgIpc) is 2.94. The molecule has 92 valence electrons. The van der Waals surface area contributed by atoms with Gasteiger partial charge in [-0.15, -0.1) is 0 Å². The lowest BCUT2D eigenvalue weighted by Crippen LogP contribution is -2.02. The van der Waals surface area contributed by atoms with Crippen LogP contribution >= 0.6 is 12.2 Å². The number of nitrogens with zero attached hydrogens (tertiary/aromatic N) is 4. The molecule has 0 aliphatic carbocycles. The van der Waals surface area contributed by atoms with E-state index in [9.17, 15) is 8.78 Å². The molecular weight excluding hydrogens is 262 g/mol. The van der Waals surface area contributed by atoms with Gasteiger partial charge in [-0.25, -0.2) is 28.4 Å². The minimum absolute atomic E-state index is 0.208. The fourth-order valence-electron chi connectivity index (χ4n) is 1.60. The molecule has 0 radical (unpaired) electrons. The third-order valence-electron chi connectivity index (χ3n) is 2.39. The number of hydrogen-bond donors (Lipinski definition) is 2. The molecule has 9 heteroatoms. The van der Waals surface area contributed by atoms with Crippen molar-refractivity contribution in [3.8, 4) is 5.82 Å². The molecule has 3 aromatic heterocycles. The first-order valence-electron chi connectivity index (χ1n) is 4.91. The van der Waals surface area contributed by atoms with Crippen LogP contribution in [0.5, 0.6) is 0 Å². The maximum absolute atomic E-state index is 12.6. The number of nitrogens with one attached hydrogen (secondary N) is 2. The Morgan fingerprint density at radius 1 is 1.28 bits per heavy atom. The third-order valence-corrected chi connectivity index (χ3v) is 2.69. The Morgan fingerprint density at radius 3 is 2.83 bits per heavy atom. The van der Waals surface area contributed by atoms with Crippen LogP contribution in [0.1, 0.15) is 12.1 Å². The normalized spacial score (nSPS) is 11.5. The van der Waals surface area contributed by atoms with Crippen molar-refractivity contribution < 1.29 is 8.78 Å². The van der Waals surface area contributed by atoms with E-state index in [-0.39, 0.29) is 10.3 Å². The number of imidazole rings is 1. The van der Waals surface area contributed by atoms with E-state index < -0.39 is 6.43 Å². The summed E-state index contributed by atoms with van der Waals surface area (Å²) in [6, 6.07) is 1.20. The van der Waals surface area contributed by atoms with Crippen molar-refractivity contribution >= 4 is 23.4 Å². The van der Waals surface area contributed by atoms with E-state index in [4.69, 9.17) is 12.2 Å². The van der Waals surface area contributed by atoms with E-state index in [1.807, 2.05) is 0 Å². The zero-order valence-electron chi connectivity index (χ0n) is 8.76. The number of rotatable bonds is 2. The van der Waals surface area contributed by atoms with Gasteiger partial charge in [0.2, 0.25) is 0 Å². The Labute approximate surface area is 104 Å². The smallest absolute Gasteiger partial charge is 0.279 e. The molecule has 2 N–H and O–H groups in total. The van der Waals surface area contributed by atoms with Gasteiger partial charge in [0.05, 0.1) is 6.33 Å². The molecule has 3 heterocycles. The molecule has 3 rings (SSSR count). The maximum Gasteiger partial charge on any atom is 0.279 e. The van der Waals surface area contributed by atoms with Crippen LogP contribution in [0.2, 0.25) is 0 Å². The second-order valence-electron chi connectivity index (χ2n) is 3.48. The summed E-state index contributed by atoms with van der Waals surface area (Å²) in [5, 5.41) is 2.50. The summed E-state index contributed by atoms with van der Waals surface area (Å²) in [6.45, 7) is 0. The minimum atomic E-state index is -2.62. The predicted molar refractivity (Wildman–Crippen MR) is 61.2 cm³/mol. The molecule has 0 aliphatic rings. The summed E-state index contributed by atoms with van der Waals surface area (Å²) in [6.07, 6.45) is 0.124. The summed E-state index contributed by atoms with van der Waals surface area (Å²) in [5.41, 5.74) is 0.706. The first-order chi connectivity index (χ1) is 8.66. The van der Waals surface area contributed by atoms with Crippen LogP contribution in [0.25, 0.3) is 17.0 Å². The Hall–Kier alpha value is -2.16. The van der Waals surface area contributed by atoms with Crippen molar-refractivity contribution in [1.82, 2.24) is 29.7 Å². The quantitative estimate of drug-likeness (QED) is 0.698. The number of hydrogen-bond acceptors (Lipinski definition) is 4. The molecule has 0 atom stereocenters. The highest BCUT2D eigenvalue weighted by Gasteiger charge is 2.14. The van der Waals surface area contributed by atoms with Gasteiger partial charge < -0.3 is 4.98 Å². The van der Waals surface area contributed by atoms with Crippen LogP contribution < -0.4 is 0 Å². The molecule has 0 fully saturated rings. The van der Waals surface area contributed by atoms with E-state index in [0.29, 0.717) is 17.0 Å². The first-order valence-corrected chi connectivity index (χ1v) is 5.32. The lowest BCUT2D eigenvalue weighted by atomic mass is 10.5. The number of halogens is 2. The van der Waals surface area contributed by atoms with E-state index >= 15 is 0 Å². The Bertz CT molecular complexity index is 758. The molecule has 0 saturated carbocycles. The van der Waals surface area contributed by atoms with E-state index in [0.717, 1.165) is 0 Å². The highest BCUT2D eigenvalue weighted by atomic mass is 32.1. The monoisotopic (exact) mass is 268 g/mol. The lowest BCUT2D eigenvalue weighted by molar-refractivity contribution is 0.145. The predicted octanol–water partition coefficient (Wildman–Crippen LogP) is 2.14. The number of fused-ring (bicyclic) bond motifs is 1. The van der Waals surface area contributed by atoms with Crippen molar-refractivity contribution in [2.75, 3.05) is 0 Å². The van der Waals surface area contributed by atoms with Crippen molar-refractivity contribution in [2.45, 2.75) is 6.43 Å². The molecule has 0 aliphatic heterocycles. The summed E-state index contributed by atoms with van der Waals surface area (Å²) >= 11 is 5.01. The van der Waals surface area contributed by atoms with Crippen molar-refractivity contribution in [3.05, 3.63) is 29.1 Å². The van der Waals surface area contributed by atoms with Gasteiger partial charge in [-0.1, -0.05) is 12.2 Å². The van der Waals surface area contributed by atoms with Crippen LogP contribution in [0.4, 0.5) is 8.78 Å². The Balaban J connectivity index is 2.26. The molecule has 3 aromatic rings.